The first-order valence-electron chi connectivity index (χ1n) is 10.3. The van der Waals surface area contributed by atoms with E-state index in [1.54, 1.807) is 4.90 Å². The lowest BCUT2D eigenvalue weighted by molar-refractivity contribution is 0.206. The third-order valence-corrected chi connectivity index (χ3v) is 5.35. The Balaban J connectivity index is 1.34. The smallest absolute Gasteiger partial charge is 0.322 e. The SMILES string of the molecule is Cc1ccc2cc3c(nc2n1)CCN(C(=O)Nc1ccccc1Oc1ccccc1)C3. The number of ether oxygens (including phenoxy) is 1. The summed E-state index contributed by atoms with van der Waals surface area (Å²) in [6, 6.07) is 22.9. The summed E-state index contributed by atoms with van der Waals surface area (Å²) in [4.78, 5) is 24.1. The molecule has 0 aliphatic carbocycles. The van der Waals surface area contributed by atoms with Gasteiger partial charge in [0.1, 0.15) is 5.75 Å². The first-order chi connectivity index (χ1) is 15.2. The number of fused-ring (bicyclic) bond motifs is 2. The zero-order valence-corrected chi connectivity index (χ0v) is 17.2. The number of carbonyl (C=O) groups excluding carboxylic acids is 1. The molecule has 0 bridgehead atoms. The van der Waals surface area contributed by atoms with Gasteiger partial charge in [-0.3, -0.25) is 0 Å². The number of aromatic nitrogens is 2. The number of para-hydroxylation sites is 3. The number of nitrogens with zero attached hydrogens (tertiary/aromatic N) is 3. The number of benzene rings is 2. The Hall–Kier alpha value is -3.93. The molecule has 2 aromatic carbocycles. The third-order valence-electron chi connectivity index (χ3n) is 5.35. The Morgan fingerprint density at radius 3 is 2.68 bits per heavy atom. The minimum absolute atomic E-state index is 0.156. The van der Waals surface area contributed by atoms with Crippen molar-refractivity contribution < 1.29 is 9.53 Å². The van der Waals surface area contributed by atoms with E-state index < -0.39 is 0 Å². The van der Waals surface area contributed by atoms with Crippen molar-refractivity contribution in [2.24, 2.45) is 0 Å². The first-order valence-corrected chi connectivity index (χ1v) is 10.3. The fourth-order valence-electron chi connectivity index (χ4n) is 3.75. The number of amides is 2. The van der Waals surface area contributed by atoms with Gasteiger partial charge in [-0.1, -0.05) is 30.3 Å². The number of pyridine rings is 2. The van der Waals surface area contributed by atoms with Crippen LogP contribution in [0.2, 0.25) is 0 Å². The molecule has 31 heavy (non-hydrogen) atoms. The highest BCUT2D eigenvalue weighted by molar-refractivity contribution is 5.91. The van der Waals surface area contributed by atoms with Crippen LogP contribution in [0.25, 0.3) is 11.0 Å². The molecule has 0 fully saturated rings. The molecule has 0 atom stereocenters. The van der Waals surface area contributed by atoms with Gasteiger partial charge in [0.15, 0.2) is 11.4 Å². The van der Waals surface area contributed by atoms with Crippen LogP contribution < -0.4 is 10.1 Å². The minimum Gasteiger partial charge on any atom is -0.455 e. The lowest BCUT2D eigenvalue weighted by Crippen LogP contribution is -2.39. The molecule has 1 N–H and O–H groups in total. The Kier molecular flexibility index (Phi) is 4.96. The monoisotopic (exact) mass is 410 g/mol. The van der Waals surface area contributed by atoms with Crippen molar-refractivity contribution in [3.05, 3.63) is 89.7 Å². The zero-order valence-electron chi connectivity index (χ0n) is 17.2. The van der Waals surface area contributed by atoms with E-state index in [1.807, 2.05) is 73.7 Å². The summed E-state index contributed by atoms with van der Waals surface area (Å²) in [7, 11) is 0. The molecule has 4 aromatic rings. The number of anilines is 1. The van der Waals surface area contributed by atoms with Crippen LogP contribution in [0.1, 0.15) is 17.0 Å². The Bertz CT molecular complexity index is 1260. The Morgan fingerprint density at radius 1 is 1.00 bits per heavy atom. The van der Waals surface area contributed by atoms with E-state index in [0.717, 1.165) is 33.7 Å². The molecule has 0 radical (unpaired) electrons. The zero-order chi connectivity index (χ0) is 21.2. The van der Waals surface area contributed by atoms with E-state index in [2.05, 4.69) is 16.4 Å². The molecular weight excluding hydrogens is 388 g/mol. The topological polar surface area (TPSA) is 67.4 Å². The third kappa shape index (κ3) is 4.05. The number of hydrogen-bond donors (Lipinski definition) is 1. The summed E-state index contributed by atoms with van der Waals surface area (Å²) in [5, 5.41) is 4.00. The highest BCUT2D eigenvalue weighted by atomic mass is 16.5. The van der Waals surface area contributed by atoms with Gasteiger partial charge in [-0.2, -0.15) is 0 Å². The summed E-state index contributed by atoms with van der Waals surface area (Å²) in [6.45, 7) is 3.08. The van der Waals surface area contributed by atoms with Crippen LogP contribution >= 0.6 is 0 Å². The van der Waals surface area contributed by atoms with Gasteiger partial charge in [-0.15, -0.1) is 0 Å². The standard InChI is InChI=1S/C25H22N4O2/c1-17-11-12-18-15-19-16-29(14-13-21(19)27-24(18)26-17)25(30)28-22-9-5-6-10-23(22)31-20-7-3-2-4-8-20/h2-12,15H,13-14,16H2,1H3,(H,28,30). The molecule has 0 saturated heterocycles. The highest BCUT2D eigenvalue weighted by Crippen LogP contribution is 2.30. The molecule has 6 nitrogen and oxygen atoms in total. The largest absolute Gasteiger partial charge is 0.455 e. The van der Waals surface area contributed by atoms with Gasteiger partial charge in [0.2, 0.25) is 0 Å². The second-order valence-electron chi connectivity index (χ2n) is 7.61. The fraction of sp³-hybridized carbons (Fsp3) is 0.160. The highest BCUT2D eigenvalue weighted by Gasteiger charge is 2.23. The summed E-state index contributed by atoms with van der Waals surface area (Å²) >= 11 is 0. The number of aryl methyl sites for hydroxylation is 1. The molecule has 6 heteroatoms. The first kappa shape index (κ1) is 19.1. The Morgan fingerprint density at radius 2 is 1.81 bits per heavy atom. The van der Waals surface area contributed by atoms with Crippen molar-refractivity contribution in [2.45, 2.75) is 19.9 Å². The van der Waals surface area contributed by atoms with Gasteiger partial charge in [-0.05, 0) is 55.0 Å². The number of carbonyl (C=O) groups is 1. The van der Waals surface area contributed by atoms with E-state index in [9.17, 15) is 4.79 Å². The van der Waals surface area contributed by atoms with Crippen LogP contribution in [0.5, 0.6) is 11.5 Å². The van der Waals surface area contributed by atoms with Gasteiger partial charge in [0, 0.05) is 36.3 Å². The van der Waals surface area contributed by atoms with Crippen molar-refractivity contribution in [1.29, 1.82) is 0 Å². The van der Waals surface area contributed by atoms with Gasteiger partial charge in [-0.25, -0.2) is 14.8 Å². The lowest BCUT2D eigenvalue weighted by atomic mass is 10.0. The number of urea groups is 1. The Labute approximate surface area is 180 Å². The molecule has 0 unspecified atom stereocenters. The van der Waals surface area contributed by atoms with Gasteiger partial charge < -0.3 is 15.0 Å². The van der Waals surface area contributed by atoms with Crippen molar-refractivity contribution in [1.82, 2.24) is 14.9 Å². The molecule has 0 spiro atoms. The molecule has 2 aromatic heterocycles. The van der Waals surface area contributed by atoms with Gasteiger partial charge in [0.05, 0.1) is 5.69 Å². The lowest BCUT2D eigenvalue weighted by Gasteiger charge is -2.29. The van der Waals surface area contributed by atoms with Crippen LogP contribution in [0, 0.1) is 6.92 Å². The second kappa shape index (κ2) is 8.07. The van der Waals surface area contributed by atoms with E-state index in [4.69, 9.17) is 9.72 Å². The van der Waals surface area contributed by atoms with E-state index in [0.29, 0.717) is 30.9 Å². The quantitative estimate of drug-likeness (QED) is 0.496. The maximum atomic E-state index is 13.0. The maximum absolute atomic E-state index is 13.0. The molecule has 5 rings (SSSR count). The van der Waals surface area contributed by atoms with Crippen LogP contribution in [-0.2, 0) is 13.0 Å². The van der Waals surface area contributed by atoms with Crippen molar-refractivity contribution >= 4 is 22.8 Å². The minimum atomic E-state index is -0.156. The van der Waals surface area contributed by atoms with Crippen molar-refractivity contribution in [3.8, 4) is 11.5 Å². The number of nitrogens with one attached hydrogen (secondary N) is 1. The molecule has 3 heterocycles. The van der Waals surface area contributed by atoms with Crippen LogP contribution in [-0.4, -0.2) is 27.4 Å². The predicted octanol–water partition coefficient (Wildman–Crippen LogP) is 5.32. The summed E-state index contributed by atoms with van der Waals surface area (Å²) in [6.07, 6.45) is 0.705. The second-order valence-corrected chi connectivity index (χ2v) is 7.61. The van der Waals surface area contributed by atoms with Crippen LogP contribution in [0.4, 0.5) is 10.5 Å². The summed E-state index contributed by atoms with van der Waals surface area (Å²) in [5.74, 6) is 1.33. The predicted molar refractivity (Wildman–Crippen MR) is 120 cm³/mol. The number of hydrogen-bond acceptors (Lipinski definition) is 4. The molecule has 1 aliphatic heterocycles. The van der Waals surface area contributed by atoms with Gasteiger partial charge >= 0.3 is 6.03 Å². The van der Waals surface area contributed by atoms with E-state index >= 15 is 0 Å². The molecule has 2 amide bonds. The van der Waals surface area contributed by atoms with Gasteiger partial charge in [0.25, 0.3) is 0 Å². The van der Waals surface area contributed by atoms with Crippen molar-refractivity contribution in [3.63, 3.8) is 0 Å². The normalized spacial score (nSPS) is 13.0. The fourth-order valence-corrected chi connectivity index (χ4v) is 3.75. The molecular formula is C25H22N4O2. The molecule has 1 aliphatic rings. The molecule has 0 saturated carbocycles. The average Bonchev–Trinajstić information content (AvgIpc) is 2.79. The maximum Gasteiger partial charge on any atom is 0.322 e. The van der Waals surface area contributed by atoms with E-state index in [-0.39, 0.29) is 6.03 Å². The van der Waals surface area contributed by atoms with Crippen LogP contribution in [0.3, 0.4) is 0 Å². The van der Waals surface area contributed by atoms with Crippen molar-refractivity contribution in [2.75, 3.05) is 11.9 Å². The van der Waals surface area contributed by atoms with E-state index in [1.165, 1.54) is 0 Å². The molecule has 154 valence electrons. The number of rotatable bonds is 3. The summed E-state index contributed by atoms with van der Waals surface area (Å²) < 4.78 is 5.96. The summed E-state index contributed by atoms with van der Waals surface area (Å²) in [5.41, 5.74) is 4.44. The van der Waals surface area contributed by atoms with Crippen LogP contribution in [0.15, 0.2) is 72.8 Å². The average molecular weight is 410 g/mol.